The molecule has 0 aliphatic carbocycles. The zero-order valence-corrected chi connectivity index (χ0v) is 8.63. The highest BCUT2D eigenvalue weighted by molar-refractivity contribution is 7.99. The molecule has 0 spiro atoms. The molecule has 74 valence electrons. The number of rotatable bonds is 3. The lowest BCUT2D eigenvalue weighted by Crippen LogP contribution is -2.14. The lowest BCUT2D eigenvalue weighted by molar-refractivity contribution is 0.112. The van der Waals surface area contributed by atoms with E-state index in [1.807, 2.05) is 23.9 Å². The third-order valence-electron chi connectivity index (χ3n) is 2.21. The van der Waals surface area contributed by atoms with E-state index in [2.05, 4.69) is 0 Å². The van der Waals surface area contributed by atoms with Crippen LogP contribution in [-0.2, 0) is 0 Å². The van der Waals surface area contributed by atoms with Gasteiger partial charge in [0.05, 0.1) is 0 Å². The molecule has 0 aromatic heterocycles. The van der Waals surface area contributed by atoms with E-state index < -0.39 is 0 Å². The fraction of sp³-hybridized carbons (Fsp3) is 0.364. The molecule has 0 saturated carbocycles. The maximum atomic E-state index is 10.4. The van der Waals surface area contributed by atoms with Crippen LogP contribution in [0.5, 0.6) is 5.75 Å². The van der Waals surface area contributed by atoms with Crippen molar-refractivity contribution in [3.05, 3.63) is 29.8 Å². The van der Waals surface area contributed by atoms with Gasteiger partial charge in [-0.05, 0) is 36.4 Å². The minimum atomic E-state index is 0.349. The zero-order valence-electron chi connectivity index (χ0n) is 7.81. The Balaban J connectivity index is 1.98. The highest BCUT2D eigenvalue weighted by atomic mass is 32.2. The van der Waals surface area contributed by atoms with Gasteiger partial charge in [0.1, 0.15) is 18.1 Å². The van der Waals surface area contributed by atoms with Crippen LogP contribution < -0.4 is 4.74 Å². The molecule has 1 aromatic rings. The van der Waals surface area contributed by atoms with Gasteiger partial charge in [0.2, 0.25) is 0 Å². The number of aldehydes is 1. The molecule has 3 heteroatoms. The van der Waals surface area contributed by atoms with E-state index in [4.69, 9.17) is 4.74 Å². The van der Waals surface area contributed by atoms with E-state index in [0.717, 1.165) is 24.2 Å². The number of thioether (sulfide) groups is 1. The van der Waals surface area contributed by atoms with Crippen LogP contribution >= 0.6 is 11.8 Å². The van der Waals surface area contributed by atoms with Gasteiger partial charge >= 0.3 is 0 Å². The molecule has 0 bridgehead atoms. The lowest BCUT2D eigenvalue weighted by atomic mass is 10.2. The molecular formula is C11H12O2S. The summed E-state index contributed by atoms with van der Waals surface area (Å²) in [7, 11) is 0. The van der Waals surface area contributed by atoms with Gasteiger partial charge in [-0.1, -0.05) is 0 Å². The number of carbonyl (C=O) groups is 1. The van der Waals surface area contributed by atoms with Gasteiger partial charge in [0.25, 0.3) is 0 Å². The monoisotopic (exact) mass is 208 g/mol. The minimum Gasteiger partial charge on any atom is -0.490 e. The van der Waals surface area contributed by atoms with Gasteiger partial charge in [-0.15, -0.1) is 0 Å². The normalized spacial score (nSPS) is 20.7. The first-order valence-electron chi connectivity index (χ1n) is 4.68. The number of carbonyl (C=O) groups excluding carboxylic acids is 1. The Bertz CT molecular complexity index is 302. The maximum absolute atomic E-state index is 10.4. The molecule has 1 aromatic carbocycles. The third kappa shape index (κ3) is 2.29. The molecule has 1 heterocycles. The van der Waals surface area contributed by atoms with Gasteiger partial charge in [-0.2, -0.15) is 11.8 Å². The molecule has 1 atom stereocenters. The Morgan fingerprint density at radius 3 is 2.71 bits per heavy atom. The fourth-order valence-electron chi connectivity index (χ4n) is 1.42. The second-order valence-corrected chi connectivity index (χ2v) is 4.44. The van der Waals surface area contributed by atoms with E-state index in [1.54, 1.807) is 12.1 Å². The maximum Gasteiger partial charge on any atom is 0.150 e. The molecule has 0 amide bonds. The van der Waals surface area contributed by atoms with Crippen molar-refractivity contribution in [2.75, 3.05) is 11.5 Å². The van der Waals surface area contributed by atoms with Crippen LogP contribution in [0.1, 0.15) is 16.8 Å². The lowest BCUT2D eigenvalue weighted by Gasteiger charge is -2.11. The van der Waals surface area contributed by atoms with Crippen LogP contribution in [0, 0.1) is 0 Å². The summed E-state index contributed by atoms with van der Waals surface area (Å²) in [5.41, 5.74) is 0.693. The number of ether oxygens (including phenoxy) is 1. The van der Waals surface area contributed by atoms with Crippen molar-refractivity contribution in [2.24, 2.45) is 0 Å². The van der Waals surface area contributed by atoms with Gasteiger partial charge in [0.15, 0.2) is 0 Å². The Kier molecular flexibility index (Phi) is 3.09. The summed E-state index contributed by atoms with van der Waals surface area (Å²) in [5, 5.41) is 0. The van der Waals surface area contributed by atoms with Crippen molar-refractivity contribution < 1.29 is 9.53 Å². The van der Waals surface area contributed by atoms with E-state index >= 15 is 0 Å². The number of benzene rings is 1. The topological polar surface area (TPSA) is 26.3 Å². The molecule has 1 aliphatic heterocycles. The molecule has 14 heavy (non-hydrogen) atoms. The number of hydrogen-bond donors (Lipinski definition) is 0. The minimum absolute atomic E-state index is 0.349. The Labute approximate surface area is 87.6 Å². The zero-order chi connectivity index (χ0) is 9.80. The summed E-state index contributed by atoms with van der Waals surface area (Å²) in [6, 6.07) is 7.27. The van der Waals surface area contributed by atoms with Crippen LogP contribution in [0.4, 0.5) is 0 Å². The first-order valence-corrected chi connectivity index (χ1v) is 5.83. The molecule has 2 nitrogen and oxygen atoms in total. The summed E-state index contributed by atoms with van der Waals surface area (Å²) in [4.78, 5) is 10.4. The summed E-state index contributed by atoms with van der Waals surface area (Å²) in [6.07, 6.45) is 2.32. The smallest absolute Gasteiger partial charge is 0.150 e. The largest absolute Gasteiger partial charge is 0.490 e. The van der Waals surface area contributed by atoms with Crippen LogP contribution in [0.3, 0.4) is 0 Å². The van der Waals surface area contributed by atoms with E-state index in [-0.39, 0.29) is 0 Å². The average molecular weight is 208 g/mol. The van der Waals surface area contributed by atoms with Crippen molar-refractivity contribution in [3.8, 4) is 5.75 Å². The molecule has 1 saturated heterocycles. The Morgan fingerprint density at radius 2 is 2.14 bits per heavy atom. The van der Waals surface area contributed by atoms with E-state index in [1.165, 1.54) is 5.75 Å². The molecule has 0 N–H and O–H groups in total. The van der Waals surface area contributed by atoms with Crippen molar-refractivity contribution in [2.45, 2.75) is 12.5 Å². The van der Waals surface area contributed by atoms with Crippen LogP contribution in [-0.4, -0.2) is 23.9 Å². The van der Waals surface area contributed by atoms with Crippen LogP contribution in [0.15, 0.2) is 24.3 Å². The second kappa shape index (κ2) is 4.51. The number of hydrogen-bond acceptors (Lipinski definition) is 3. The molecular weight excluding hydrogens is 196 g/mol. The first kappa shape index (κ1) is 9.59. The average Bonchev–Trinajstić information content (AvgIpc) is 2.72. The molecule has 0 radical (unpaired) electrons. The summed E-state index contributed by atoms with van der Waals surface area (Å²) in [5.74, 6) is 3.13. The quantitative estimate of drug-likeness (QED) is 0.713. The van der Waals surface area contributed by atoms with Crippen LogP contribution in [0.2, 0.25) is 0 Å². The van der Waals surface area contributed by atoms with Gasteiger partial charge in [-0.3, -0.25) is 4.79 Å². The molecule has 1 aliphatic rings. The SMILES string of the molecule is O=Cc1ccc(O[C@@H]2CCSC2)cc1. The van der Waals surface area contributed by atoms with E-state index in [0.29, 0.717) is 11.7 Å². The third-order valence-corrected chi connectivity index (χ3v) is 3.34. The van der Waals surface area contributed by atoms with Crippen molar-refractivity contribution in [1.29, 1.82) is 0 Å². The highest BCUT2D eigenvalue weighted by Gasteiger charge is 2.16. The Morgan fingerprint density at radius 1 is 1.36 bits per heavy atom. The first-order chi connectivity index (χ1) is 6.88. The van der Waals surface area contributed by atoms with Crippen molar-refractivity contribution in [3.63, 3.8) is 0 Å². The predicted octanol–water partition coefficient (Wildman–Crippen LogP) is 2.38. The Hall–Kier alpha value is -0.960. The molecule has 2 rings (SSSR count). The van der Waals surface area contributed by atoms with Gasteiger partial charge in [0, 0.05) is 11.3 Å². The van der Waals surface area contributed by atoms with Gasteiger partial charge < -0.3 is 4.74 Å². The highest BCUT2D eigenvalue weighted by Crippen LogP contribution is 2.23. The van der Waals surface area contributed by atoms with Crippen molar-refractivity contribution >= 4 is 18.0 Å². The summed E-state index contributed by atoms with van der Waals surface area (Å²) >= 11 is 1.93. The summed E-state index contributed by atoms with van der Waals surface area (Å²) in [6.45, 7) is 0. The van der Waals surface area contributed by atoms with Gasteiger partial charge in [-0.25, -0.2) is 0 Å². The fourth-order valence-corrected chi connectivity index (χ4v) is 2.52. The molecule has 0 unspecified atom stereocenters. The predicted molar refractivity (Wildman–Crippen MR) is 58.2 cm³/mol. The van der Waals surface area contributed by atoms with E-state index in [9.17, 15) is 4.79 Å². The second-order valence-electron chi connectivity index (χ2n) is 3.29. The summed E-state index contributed by atoms with van der Waals surface area (Å²) < 4.78 is 5.74. The molecule has 1 fully saturated rings. The van der Waals surface area contributed by atoms with Crippen LogP contribution in [0.25, 0.3) is 0 Å². The van der Waals surface area contributed by atoms with Crippen molar-refractivity contribution in [1.82, 2.24) is 0 Å². The standard InChI is InChI=1S/C11H12O2S/c12-7-9-1-3-10(4-2-9)13-11-5-6-14-8-11/h1-4,7,11H,5-6,8H2/t11-/m1/s1.